The number of nitrogens with zero attached hydrogens (tertiary/aromatic N) is 2. The Labute approximate surface area is 94.1 Å². The average molecular weight is 249 g/mol. The van der Waals surface area contributed by atoms with Crippen molar-refractivity contribution in [1.82, 2.24) is 14.5 Å². The summed E-state index contributed by atoms with van der Waals surface area (Å²) in [5.74, 6) is 0. The van der Waals surface area contributed by atoms with Crippen molar-refractivity contribution in [3.63, 3.8) is 0 Å². The van der Waals surface area contributed by atoms with Gasteiger partial charge >= 0.3 is 0 Å². The molecule has 0 aliphatic heterocycles. The summed E-state index contributed by atoms with van der Waals surface area (Å²) in [4.78, 5) is 0.0598. The number of nitrogens with one attached hydrogen (secondary N) is 1. The zero-order chi connectivity index (χ0) is 12.2. The van der Waals surface area contributed by atoms with Gasteiger partial charge in [-0.2, -0.15) is 5.10 Å². The van der Waals surface area contributed by atoms with E-state index in [0.717, 1.165) is 0 Å². The summed E-state index contributed by atoms with van der Waals surface area (Å²) in [5.41, 5.74) is 0. The van der Waals surface area contributed by atoms with Gasteiger partial charge in [0.1, 0.15) is 4.90 Å². The Balaban J connectivity index is 2.78. The van der Waals surface area contributed by atoms with E-state index in [4.69, 9.17) is 9.84 Å². The van der Waals surface area contributed by atoms with Gasteiger partial charge in [-0.25, -0.2) is 13.1 Å². The highest BCUT2D eigenvalue weighted by Crippen LogP contribution is 2.06. The predicted octanol–water partition coefficient (Wildman–Crippen LogP) is -1.29. The molecular weight excluding hydrogens is 234 g/mol. The molecule has 0 bridgehead atoms. The Morgan fingerprint density at radius 3 is 2.81 bits per heavy atom. The molecule has 8 heteroatoms. The van der Waals surface area contributed by atoms with E-state index in [0.29, 0.717) is 0 Å². The second kappa shape index (κ2) is 5.39. The Morgan fingerprint density at radius 2 is 2.38 bits per heavy atom. The lowest BCUT2D eigenvalue weighted by Gasteiger charge is -2.14. The Morgan fingerprint density at radius 1 is 1.69 bits per heavy atom. The van der Waals surface area contributed by atoms with Crippen molar-refractivity contribution in [2.45, 2.75) is 10.9 Å². The van der Waals surface area contributed by atoms with Crippen LogP contribution >= 0.6 is 0 Å². The molecule has 92 valence electrons. The summed E-state index contributed by atoms with van der Waals surface area (Å²) in [5, 5.41) is 12.7. The maximum absolute atomic E-state index is 11.8. The van der Waals surface area contributed by atoms with Crippen LogP contribution in [-0.4, -0.2) is 49.7 Å². The summed E-state index contributed by atoms with van der Waals surface area (Å²) in [7, 11) is -0.592. The molecule has 2 N–H and O–H groups in total. The number of rotatable bonds is 6. The number of hydrogen-bond acceptors (Lipinski definition) is 5. The van der Waals surface area contributed by atoms with Gasteiger partial charge in [0.2, 0.25) is 10.0 Å². The van der Waals surface area contributed by atoms with Crippen LogP contribution in [0.1, 0.15) is 0 Å². The smallest absolute Gasteiger partial charge is 0.244 e. The maximum Gasteiger partial charge on any atom is 0.244 e. The number of aryl methyl sites for hydroxylation is 1. The van der Waals surface area contributed by atoms with Crippen molar-refractivity contribution in [1.29, 1.82) is 0 Å². The first-order valence-corrected chi connectivity index (χ1v) is 6.08. The maximum atomic E-state index is 11.8. The minimum atomic E-state index is -3.65. The SMILES string of the molecule is COCC(CO)NS(=O)(=O)c1cnn(C)c1. The third kappa shape index (κ3) is 3.27. The second-order valence-electron chi connectivity index (χ2n) is 3.31. The Bertz CT molecular complexity index is 428. The van der Waals surface area contributed by atoms with Gasteiger partial charge in [-0.1, -0.05) is 0 Å². The fourth-order valence-electron chi connectivity index (χ4n) is 1.15. The van der Waals surface area contributed by atoms with Gasteiger partial charge in [-0.3, -0.25) is 4.68 Å². The molecule has 1 rings (SSSR count). The standard InChI is InChI=1S/C8H15N3O4S/c1-11-4-8(3-9-11)16(13,14)10-7(5-12)6-15-2/h3-4,7,10,12H,5-6H2,1-2H3. The minimum absolute atomic E-state index is 0.0598. The lowest BCUT2D eigenvalue weighted by molar-refractivity contribution is 0.139. The van der Waals surface area contributed by atoms with Crippen molar-refractivity contribution < 1.29 is 18.3 Å². The molecule has 1 aromatic rings. The zero-order valence-electron chi connectivity index (χ0n) is 9.12. The number of aliphatic hydroxyl groups is 1. The first-order valence-electron chi connectivity index (χ1n) is 4.60. The molecule has 1 heterocycles. The summed E-state index contributed by atoms with van der Waals surface area (Å²) >= 11 is 0. The van der Waals surface area contributed by atoms with Gasteiger partial charge in [-0.05, 0) is 0 Å². The minimum Gasteiger partial charge on any atom is -0.395 e. The van der Waals surface area contributed by atoms with Crippen LogP contribution in [0.2, 0.25) is 0 Å². The van der Waals surface area contributed by atoms with E-state index < -0.39 is 16.1 Å². The summed E-state index contributed by atoms with van der Waals surface area (Å²) < 4.78 is 32.0. The van der Waals surface area contributed by atoms with E-state index in [1.165, 1.54) is 24.2 Å². The van der Waals surface area contributed by atoms with E-state index in [2.05, 4.69) is 9.82 Å². The molecule has 0 aromatic carbocycles. The number of aromatic nitrogens is 2. The van der Waals surface area contributed by atoms with E-state index >= 15 is 0 Å². The van der Waals surface area contributed by atoms with E-state index in [9.17, 15) is 8.42 Å². The highest BCUT2D eigenvalue weighted by molar-refractivity contribution is 7.89. The lowest BCUT2D eigenvalue weighted by Crippen LogP contribution is -2.40. The molecule has 1 aromatic heterocycles. The number of methoxy groups -OCH3 is 1. The van der Waals surface area contributed by atoms with Crippen molar-refractivity contribution in [2.75, 3.05) is 20.3 Å². The van der Waals surface area contributed by atoms with E-state index in [1.807, 2.05) is 0 Å². The molecule has 0 saturated heterocycles. The molecule has 0 spiro atoms. The van der Waals surface area contributed by atoms with Crippen LogP contribution in [-0.2, 0) is 21.8 Å². The summed E-state index contributed by atoms with van der Waals surface area (Å²) in [6.45, 7) is -0.219. The Hall–Kier alpha value is -0.960. The molecule has 0 fully saturated rings. The fourth-order valence-corrected chi connectivity index (χ4v) is 2.34. The number of hydrogen-bond donors (Lipinski definition) is 2. The van der Waals surface area contributed by atoms with Crippen molar-refractivity contribution in [3.8, 4) is 0 Å². The van der Waals surface area contributed by atoms with Gasteiger partial charge < -0.3 is 9.84 Å². The van der Waals surface area contributed by atoms with Crippen LogP contribution < -0.4 is 4.72 Å². The number of sulfonamides is 1. The van der Waals surface area contributed by atoms with Crippen LogP contribution in [0, 0.1) is 0 Å². The normalized spacial score (nSPS) is 13.9. The van der Waals surface area contributed by atoms with Crippen LogP contribution in [0.25, 0.3) is 0 Å². The van der Waals surface area contributed by atoms with Crippen molar-refractivity contribution in [2.24, 2.45) is 7.05 Å². The molecule has 7 nitrogen and oxygen atoms in total. The third-order valence-corrected chi connectivity index (χ3v) is 3.38. The van der Waals surface area contributed by atoms with Gasteiger partial charge in [0.15, 0.2) is 0 Å². The summed E-state index contributed by atoms with van der Waals surface area (Å²) in [6.07, 6.45) is 2.62. The van der Waals surface area contributed by atoms with Crippen LogP contribution in [0.3, 0.4) is 0 Å². The third-order valence-electron chi connectivity index (χ3n) is 1.90. The quantitative estimate of drug-likeness (QED) is 0.654. The van der Waals surface area contributed by atoms with Gasteiger partial charge in [0.25, 0.3) is 0 Å². The van der Waals surface area contributed by atoms with Crippen molar-refractivity contribution in [3.05, 3.63) is 12.4 Å². The van der Waals surface area contributed by atoms with Gasteiger partial charge in [0.05, 0.1) is 25.5 Å². The fraction of sp³-hybridized carbons (Fsp3) is 0.625. The first-order chi connectivity index (χ1) is 7.49. The van der Waals surface area contributed by atoms with Crippen LogP contribution in [0.5, 0.6) is 0 Å². The predicted molar refractivity (Wildman–Crippen MR) is 56.3 cm³/mol. The van der Waals surface area contributed by atoms with Gasteiger partial charge in [0, 0.05) is 20.4 Å². The molecule has 0 radical (unpaired) electrons. The van der Waals surface area contributed by atoms with Crippen molar-refractivity contribution >= 4 is 10.0 Å². The number of ether oxygens (including phenoxy) is 1. The van der Waals surface area contributed by atoms with E-state index in [-0.39, 0.29) is 18.1 Å². The largest absolute Gasteiger partial charge is 0.395 e. The molecular formula is C8H15N3O4S. The number of aliphatic hydroxyl groups excluding tert-OH is 1. The highest BCUT2D eigenvalue weighted by atomic mass is 32.2. The molecule has 1 unspecified atom stereocenters. The monoisotopic (exact) mass is 249 g/mol. The second-order valence-corrected chi connectivity index (χ2v) is 5.02. The lowest BCUT2D eigenvalue weighted by atomic mass is 10.4. The summed E-state index contributed by atoms with van der Waals surface area (Å²) in [6, 6.07) is -0.657. The molecule has 16 heavy (non-hydrogen) atoms. The first kappa shape index (κ1) is 13.1. The Kier molecular flexibility index (Phi) is 4.42. The van der Waals surface area contributed by atoms with Crippen LogP contribution in [0.15, 0.2) is 17.3 Å². The molecule has 0 amide bonds. The van der Waals surface area contributed by atoms with E-state index in [1.54, 1.807) is 7.05 Å². The van der Waals surface area contributed by atoms with Crippen LogP contribution in [0.4, 0.5) is 0 Å². The molecule has 1 atom stereocenters. The topological polar surface area (TPSA) is 93.4 Å². The zero-order valence-corrected chi connectivity index (χ0v) is 9.94. The van der Waals surface area contributed by atoms with Gasteiger partial charge in [-0.15, -0.1) is 0 Å². The highest BCUT2D eigenvalue weighted by Gasteiger charge is 2.20. The molecule has 0 aliphatic rings. The molecule has 0 aliphatic carbocycles. The average Bonchev–Trinajstić information content (AvgIpc) is 2.64. The molecule has 0 saturated carbocycles.